The van der Waals surface area contributed by atoms with Crippen LogP contribution in [0.25, 0.3) is 0 Å². The lowest BCUT2D eigenvalue weighted by molar-refractivity contribution is 0.473. The van der Waals surface area contributed by atoms with Crippen molar-refractivity contribution in [3.05, 3.63) is 50.6 Å². The molecule has 0 unspecified atom stereocenters. The first-order valence-electron chi connectivity index (χ1n) is 6.27. The molecule has 2 aromatic rings. The van der Waals surface area contributed by atoms with E-state index in [0.717, 1.165) is 20.0 Å². The van der Waals surface area contributed by atoms with Crippen LogP contribution in [0.2, 0.25) is 5.02 Å². The molecule has 0 aliphatic rings. The van der Waals surface area contributed by atoms with Crippen molar-refractivity contribution in [1.29, 1.82) is 0 Å². The average Bonchev–Trinajstić information content (AvgIpc) is 2.46. The zero-order chi connectivity index (χ0) is 17.4. The summed E-state index contributed by atoms with van der Waals surface area (Å²) in [6.07, 6.45) is 0. The molecule has 0 radical (unpaired) electrons. The molecule has 0 atom stereocenters. The van der Waals surface area contributed by atoms with Crippen molar-refractivity contribution >= 4 is 55.6 Å². The molecule has 23 heavy (non-hydrogen) atoms. The topological polar surface area (TPSA) is 49.4 Å². The zero-order valence-corrected chi connectivity index (χ0v) is 15.8. The fraction of sp³-hybridized carbons (Fsp3) is 0.143. The molecular weight excluding hydrogens is 461 g/mol. The smallest absolute Gasteiger partial charge is 0.245 e. The van der Waals surface area contributed by atoms with E-state index in [1.807, 2.05) is 0 Å². The number of hydrogen-bond acceptors (Lipinski definition) is 3. The Morgan fingerprint density at radius 1 is 1.09 bits per heavy atom. The largest absolute Gasteiger partial charge is 0.352 e. The van der Waals surface area contributed by atoms with Crippen LogP contribution in [0.1, 0.15) is 0 Å². The third kappa shape index (κ3) is 3.76. The van der Waals surface area contributed by atoms with Crippen LogP contribution in [0.15, 0.2) is 35.2 Å². The van der Waals surface area contributed by atoms with Crippen LogP contribution in [-0.4, -0.2) is 26.8 Å². The summed E-state index contributed by atoms with van der Waals surface area (Å²) in [5, 5.41) is 2.99. The van der Waals surface area contributed by atoms with Gasteiger partial charge >= 0.3 is 0 Å². The number of sulfonamides is 1. The molecular formula is C14H12ClF2IN2O2S. The van der Waals surface area contributed by atoms with E-state index < -0.39 is 26.6 Å². The summed E-state index contributed by atoms with van der Waals surface area (Å²) >= 11 is 8.10. The second kappa shape index (κ2) is 6.88. The van der Waals surface area contributed by atoms with E-state index in [2.05, 4.69) is 27.9 Å². The minimum Gasteiger partial charge on any atom is -0.352 e. The van der Waals surface area contributed by atoms with Gasteiger partial charge in [-0.15, -0.1) is 0 Å². The van der Waals surface area contributed by atoms with Crippen LogP contribution in [-0.2, 0) is 10.0 Å². The minimum absolute atomic E-state index is 0.205. The third-order valence-electron chi connectivity index (χ3n) is 3.01. The van der Waals surface area contributed by atoms with Crippen molar-refractivity contribution in [2.45, 2.75) is 4.90 Å². The summed E-state index contributed by atoms with van der Waals surface area (Å²) in [6, 6.07) is 7.18. The SMILES string of the molecule is CN(C)S(=O)(=O)c1ccc(Nc2ccc(I)cc2Cl)c(F)c1F. The molecule has 0 saturated heterocycles. The summed E-state index contributed by atoms with van der Waals surface area (Å²) in [7, 11) is -1.59. The molecule has 0 bridgehead atoms. The van der Waals surface area contributed by atoms with E-state index in [1.54, 1.807) is 18.2 Å². The van der Waals surface area contributed by atoms with Crippen LogP contribution in [0.5, 0.6) is 0 Å². The quantitative estimate of drug-likeness (QED) is 0.678. The van der Waals surface area contributed by atoms with Gasteiger partial charge in [-0.1, -0.05) is 11.6 Å². The minimum atomic E-state index is -4.07. The van der Waals surface area contributed by atoms with E-state index in [9.17, 15) is 17.2 Å². The number of halogens is 4. The number of nitrogens with one attached hydrogen (secondary N) is 1. The molecule has 0 aliphatic heterocycles. The number of rotatable bonds is 4. The van der Waals surface area contributed by atoms with E-state index in [4.69, 9.17) is 11.6 Å². The predicted molar refractivity (Wildman–Crippen MR) is 94.7 cm³/mol. The summed E-state index contributed by atoms with van der Waals surface area (Å²) in [4.78, 5) is -0.723. The van der Waals surface area contributed by atoms with Gasteiger partial charge in [0.15, 0.2) is 11.6 Å². The Morgan fingerprint density at radius 2 is 1.70 bits per heavy atom. The third-order valence-corrected chi connectivity index (χ3v) is 5.82. The predicted octanol–water partition coefficient (Wildman–Crippen LogP) is 4.22. The molecule has 0 aromatic heterocycles. The normalized spacial score (nSPS) is 11.8. The Balaban J connectivity index is 2.45. The van der Waals surface area contributed by atoms with Crippen LogP contribution < -0.4 is 5.32 Å². The molecule has 124 valence electrons. The van der Waals surface area contributed by atoms with E-state index in [1.165, 1.54) is 14.1 Å². The van der Waals surface area contributed by atoms with Gasteiger partial charge in [0.1, 0.15) is 4.90 Å². The lowest BCUT2D eigenvalue weighted by atomic mass is 10.2. The molecule has 2 rings (SSSR count). The van der Waals surface area contributed by atoms with Gasteiger partial charge in [-0.2, -0.15) is 0 Å². The molecule has 9 heteroatoms. The standard InChI is InChI=1S/C14H12ClF2IN2O2S/c1-20(2)23(21,22)12-6-5-11(13(16)14(12)17)19-10-4-3-8(18)7-9(10)15/h3-7,19H,1-2H3. The van der Waals surface area contributed by atoms with Gasteiger partial charge in [-0.05, 0) is 52.9 Å². The highest BCUT2D eigenvalue weighted by molar-refractivity contribution is 14.1. The molecule has 4 nitrogen and oxygen atoms in total. The molecule has 0 fully saturated rings. The van der Waals surface area contributed by atoms with Crippen molar-refractivity contribution in [3.63, 3.8) is 0 Å². The fourth-order valence-corrected chi connectivity index (χ4v) is 3.61. The Bertz CT molecular complexity index is 860. The lowest BCUT2D eigenvalue weighted by Gasteiger charge is -2.15. The summed E-state index contributed by atoms with van der Waals surface area (Å²) in [5.74, 6) is -2.73. The Kier molecular flexibility index (Phi) is 5.49. The highest BCUT2D eigenvalue weighted by Crippen LogP contribution is 2.31. The van der Waals surface area contributed by atoms with Crippen molar-refractivity contribution in [2.75, 3.05) is 19.4 Å². The number of anilines is 2. The first kappa shape index (κ1) is 18.4. The van der Waals surface area contributed by atoms with Gasteiger partial charge in [0.2, 0.25) is 10.0 Å². The highest BCUT2D eigenvalue weighted by Gasteiger charge is 2.25. The van der Waals surface area contributed by atoms with Gasteiger partial charge < -0.3 is 5.32 Å². The first-order chi connectivity index (χ1) is 10.6. The van der Waals surface area contributed by atoms with Gasteiger partial charge in [0, 0.05) is 17.7 Å². The molecule has 1 N–H and O–H groups in total. The summed E-state index contributed by atoms with van der Waals surface area (Å²) in [5.41, 5.74) is 0.178. The number of nitrogens with zero attached hydrogens (tertiary/aromatic N) is 1. The Morgan fingerprint density at radius 3 is 2.26 bits per heavy atom. The van der Waals surface area contributed by atoms with Gasteiger partial charge in [0.05, 0.1) is 16.4 Å². The van der Waals surface area contributed by atoms with Crippen LogP contribution in [0, 0.1) is 15.2 Å². The molecule has 0 saturated carbocycles. The highest BCUT2D eigenvalue weighted by atomic mass is 127. The monoisotopic (exact) mass is 472 g/mol. The van der Waals surface area contributed by atoms with Gasteiger partial charge in [-0.3, -0.25) is 0 Å². The zero-order valence-electron chi connectivity index (χ0n) is 12.1. The van der Waals surface area contributed by atoms with Crippen LogP contribution in [0.3, 0.4) is 0 Å². The molecule has 0 heterocycles. The van der Waals surface area contributed by atoms with Crippen LogP contribution >= 0.6 is 34.2 Å². The van der Waals surface area contributed by atoms with Gasteiger partial charge in [-0.25, -0.2) is 21.5 Å². The second-order valence-corrected chi connectivity index (χ2v) is 8.55. The maximum Gasteiger partial charge on any atom is 0.245 e. The van der Waals surface area contributed by atoms with Crippen molar-refractivity contribution in [3.8, 4) is 0 Å². The maximum atomic E-state index is 14.2. The molecule has 0 spiro atoms. The molecule has 0 amide bonds. The lowest BCUT2D eigenvalue weighted by Crippen LogP contribution is -2.23. The fourth-order valence-electron chi connectivity index (χ4n) is 1.76. The van der Waals surface area contributed by atoms with Crippen molar-refractivity contribution in [1.82, 2.24) is 4.31 Å². The number of benzene rings is 2. The Labute approximate surface area is 151 Å². The second-order valence-electron chi connectivity index (χ2n) is 4.78. The first-order valence-corrected chi connectivity index (χ1v) is 9.17. The molecule has 0 aliphatic carbocycles. The number of hydrogen-bond donors (Lipinski definition) is 1. The van der Waals surface area contributed by atoms with Crippen molar-refractivity contribution < 1.29 is 17.2 Å². The van der Waals surface area contributed by atoms with E-state index in [-0.39, 0.29) is 5.69 Å². The van der Waals surface area contributed by atoms with Crippen molar-refractivity contribution in [2.24, 2.45) is 0 Å². The van der Waals surface area contributed by atoms with E-state index >= 15 is 0 Å². The molecule has 2 aromatic carbocycles. The van der Waals surface area contributed by atoms with Gasteiger partial charge in [0.25, 0.3) is 0 Å². The summed E-state index contributed by atoms with van der Waals surface area (Å²) in [6.45, 7) is 0. The van der Waals surface area contributed by atoms with Crippen LogP contribution in [0.4, 0.5) is 20.2 Å². The Hall–Kier alpha value is -0.970. The van der Waals surface area contributed by atoms with E-state index in [0.29, 0.717) is 10.7 Å². The average molecular weight is 473 g/mol. The maximum absolute atomic E-state index is 14.2. The summed E-state index contributed by atoms with van der Waals surface area (Å²) < 4.78 is 53.9.